The van der Waals surface area contributed by atoms with Gasteiger partial charge in [0.15, 0.2) is 28.3 Å². The third-order valence-electron chi connectivity index (χ3n) is 5.44. The van der Waals surface area contributed by atoms with Gasteiger partial charge in [0.25, 0.3) is 0 Å². The predicted octanol–water partition coefficient (Wildman–Crippen LogP) is 4.09. The van der Waals surface area contributed by atoms with Gasteiger partial charge in [-0.2, -0.15) is 4.40 Å². The number of carbonyl (C=O) groups is 2. The van der Waals surface area contributed by atoms with Crippen LogP contribution in [0.4, 0.5) is 5.69 Å². The Labute approximate surface area is 195 Å². The molecule has 1 unspecified atom stereocenters. The molecule has 9 heteroatoms. The van der Waals surface area contributed by atoms with Gasteiger partial charge in [-0.1, -0.05) is 0 Å². The quantitative estimate of drug-likeness (QED) is 0.317. The van der Waals surface area contributed by atoms with Crippen LogP contribution in [0.25, 0.3) is 0 Å². The summed E-state index contributed by atoms with van der Waals surface area (Å²) in [5.74, 6) is 1.01. The molecule has 1 heterocycles. The van der Waals surface area contributed by atoms with Gasteiger partial charge in [0.2, 0.25) is 5.91 Å². The molecule has 0 fully saturated rings. The van der Waals surface area contributed by atoms with Gasteiger partial charge in [0.1, 0.15) is 5.75 Å². The molecule has 0 saturated heterocycles. The Morgan fingerprint density at radius 2 is 1.94 bits per heavy atom. The first kappa shape index (κ1) is 24.4. The zero-order chi connectivity index (χ0) is 24.2. The molecule has 8 nitrogen and oxygen atoms in total. The van der Waals surface area contributed by atoms with E-state index in [0.717, 1.165) is 11.3 Å². The number of nitrogens with one attached hydrogen (secondary N) is 1. The number of fused-ring (bicyclic) bond motifs is 1. The molecule has 1 amide bonds. The monoisotopic (exact) mass is 472 g/mol. The van der Waals surface area contributed by atoms with E-state index in [0.29, 0.717) is 30.9 Å². The molecule has 0 aromatic heterocycles. The van der Waals surface area contributed by atoms with Gasteiger partial charge in [-0.3, -0.25) is 9.59 Å². The molecule has 0 aliphatic carbocycles. The molecule has 0 saturated carbocycles. The summed E-state index contributed by atoms with van der Waals surface area (Å²) in [6.45, 7) is 5.58. The molecule has 2 aromatic carbocycles. The second-order valence-corrected chi connectivity index (χ2v) is 9.19. The second-order valence-electron chi connectivity index (χ2n) is 8.04. The maximum atomic E-state index is 12.7. The number of carbonyl (C=O) groups excluding carboxylic acids is 2. The molecule has 1 atom stereocenters. The highest BCUT2D eigenvalue weighted by Gasteiger charge is 2.38. The Morgan fingerprint density at radius 1 is 1.18 bits per heavy atom. The van der Waals surface area contributed by atoms with Crippen molar-refractivity contribution in [2.24, 2.45) is 4.40 Å². The molecule has 1 N–H and O–H groups in total. The number of ether oxygens (including phenoxy) is 3. The smallest absolute Gasteiger partial charge is 0.234 e. The van der Waals surface area contributed by atoms with Crippen molar-refractivity contribution in [3.63, 3.8) is 0 Å². The van der Waals surface area contributed by atoms with E-state index in [2.05, 4.69) is 9.71 Å². The van der Waals surface area contributed by atoms with Crippen molar-refractivity contribution in [3.05, 3.63) is 41.5 Å². The van der Waals surface area contributed by atoms with Crippen molar-refractivity contribution < 1.29 is 28.0 Å². The van der Waals surface area contributed by atoms with Gasteiger partial charge in [0, 0.05) is 11.9 Å². The number of methoxy groups -OCH3 is 2. The van der Waals surface area contributed by atoms with Gasteiger partial charge >= 0.3 is 0 Å². The minimum Gasteiger partial charge on any atom is -0.494 e. The zero-order valence-corrected chi connectivity index (χ0v) is 20.2. The number of nitrogens with zero attached hydrogens (tertiary/aromatic N) is 1. The average molecular weight is 473 g/mol. The molecule has 0 radical (unpaired) electrons. The largest absolute Gasteiger partial charge is 0.494 e. The van der Waals surface area contributed by atoms with Crippen molar-refractivity contribution >= 4 is 34.6 Å². The fraction of sp³-hybridized carbons (Fsp3) is 0.375. The predicted molar refractivity (Wildman–Crippen MR) is 127 cm³/mol. The molecule has 0 bridgehead atoms. The number of benzene rings is 2. The Kier molecular flexibility index (Phi) is 7.53. The van der Waals surface area contributed by atoms with Crippen LogP contribution in [-0.4, -0.2) is 42.9 Å². The summed E-state index contributed by atoms with van der Waals surface area (Å²) in [6, 6.07) is 8.71. The van der Waals surface area contributed by atoms with E-state index in [1.165, 1.54) is 21.1 Å². The van der Waals surface area contributed by atoms with Crippen LogP contribution in [0, 0.1) is 0 Å². The Morgan fingerprint density at radius 3 is 2.61 bits per heavy atom. The molecule has 176 valence electrons. The number of rotatable bonds is 10. The van der Waals surface area contributed by atoms with Crippen LogP contribution in [0.5, 0.6) is 17.2 Å². The minimum absolute atomic E-state index is 0.0266. The van der Waals surface area contributed by atoms with Gasteiger partial charge < -0.3 is 19.5 Å². The van der Waals surface area contributed by atoms with Crippen LogP contribution in [0.1, 0.15) is 49.5 Å². The number of hydrogen-bond donors (Lipinski definition) is 1. The van der Waals surface area contributed by atoms with E-state index in [1.54, 1.807) is 18.3 Å². The summed E-state index contributed by atoms with van der Waals surface area (Å²) in [4.78, 5) is 24.5. The standard InChI is InChI=1S/C24H28N2O6S/c1-15(27)21-20(11-10-19(30-4)22(21)31-5)33(29)25-12-6-7-13-32-16-8-9-18-17(14-16)24(2,3)23(28)26-18/h8-12,14H,6-7,13H2,1-5H3,(H,26,28)/b25-12+. The van der Waals surface area contributed by atoms with E-state index in [9.17, 15) is 13.8 Å². The third kappa shape index (κ3) is 5.08. The van der Waals surface area contributed by atoms with Crippen LogP contribution in [0.3, 0.4) is 0 Å². The number of amides is 1. The SMILES string of the molecule is COc1ccc(S(=O)/N=C/CCCOc2ccc3c(c2)C(C)(C)C(=O)N3)c(C(C)=O)c1OC. The molecular formula is C24H28N2O6S. The first-order chi connectivity index (χ1) is 15.7. The minimum atomic E-state index is -1.76. The summed E-state index contributed by atoms with van der Waals surface area (Å²) in [5, 5.41) is 2.87. The van der Waals surface area contributed by atoms with E-state index < -0.39 is 16.4 Å². The van der Waals surface area contributed by atoms with Gasteiger partial charge in [-0.05, 0) is 69.5 Å². The number of Topliss-reactive ketones (excluding diaryl/α,β-unsaturated/α-hetero) is 1. The highest BCUT2D eigenvalue weighted by Crippen LogP contribution is 2.39. The topological polar surface area (TPSA) is 103 Å². The van der Waals surface area contributed by atoms with Crippen LogP contribution in [0.2, 0.25) is 0 Å². The summed E-state index contributed by atoms with van der Waals surface area (Å²) in [6.07, 6.45) is 2.77. The van der Waals surface area contributed by atoms with Crippen molar-refractivity contribution in [1.82, 2.24) is 0 Å². The lowest BCUT2D eigenvalue weighted by Crippen LogP contribution is -2.26. The number of unbranched alkanes of at least 4 members (excludes halogenated alkanes) is 1. The van der Waals surface area contributed by atoms with Crippen molar-refractivity contribution in [1.29, 1.82) is 0 Å². The van der Waals surface area contributed by atoms with Gasteiger partial charge in [0.05, 0.1) is 36.7 Å². The maximum absolute atomic E-state index is 12.7. The number of ketones is 1. The number of anilines is 1. The highest BCUT2D eigenvalue weighted by atomic mass is 32.2. The lowest BCUT2D eigenvalue weighted by atomic mass is 9.86. The third-order valence-corrected chi connectivity index (χ3v) is 6.50. The fourth-order valence-electron chi connectivity index (χ4n) is 3.57. The van der Waals surface area contributed by atoms with Crippen LogP contribution in [0.15, 0.2) is 39.6 Å². The molecule has 1 aliphatic rings. The van der Waals surface area contributed by atoms with Crippen molar-refractivity contribution in [2.45, 2.75) is 43.9 Å². The molecule has 3 rings (SSSR count). The molecule has 0 spiro atoms. The summed E-state index contributed by atoms with van der Waals surface area (Å²) in [7, 11) is 1.14. The molecular weight excluding hydrogens is 444 g/mol. The number of hydrogen-bond acceptors (Lipinski definition) is 6. The summed E-state index contributed by atoms with van der Waals surface area (Å²) < 4.78 is 33.1. The second kappa shape index (κ2) is 10.2. The lowest BCUT2D eigenvalue weighted by Gasteiger charge is -2.16. The molecule has 33 heavy (non-hydrogen) atoms. The Hall–Kier alpha value is -3.20. The van der Waals surface area contributed by atoms with Crippen LogP contribution in [-0.2, 0) is 21.2 Å². The van der Waals surface area contributed by atoms with Crippen molar-refractivity contribution in [2.75, 3.05) is 26.1 Å². The van der Waals surface area contributed by atoms with Crippen LogP contribution >= 0.6 is 0 Å². The first-order valence-electron chi connectivity index (χ1n) is 10.5. The highest BCUT2D eigenvalue weighted by molar-refractivity contribution is 7.84. The van der Waals surface area contributed by atoms with E-state index in [1.807, 2.05) is 32.0 Å². The zero-order valence-electron chi connectivity index (χ0n) is 19.4. The molecule has 1 aliphatic heterocycles. The van der Waals surface area contributed by atoms with Crippen molar-refractivity contribution in [3.8, 4) is 17.2 Å². The average Bonchev–Trinajstić information content (AvgIpc) is 3.02. The summed E-state index contributed by atoms with van der Waals surface area (Å²) >= 11 is 0. The maximum Gasteiger partial charge on any atom is 0.234 e. The Balaban J connectivity index is 1.57. The van der Waals surface area contributed by atoms with E-state index in [-0.39, 0.29) is 27.9 Å². The fourth-order valence-corrected chi connectivity index (χ4v) is 4.52. The van der Waals surface area contributed by atoms with Crippen LogP contribution < -0.4 is 19.5 Å². The van der Waals surface area contributed by atoms with E-state index >= 15 is 0 Å². The van der Waals surface area contributed by atoms with Gasteiger partial charge in [-0.25, -0.2) is 4.21 Å². The first-order valence-corrected chi connectivity index (χ1v) is 11.6. The van der Waals surface area contributed by atoms with E-state index in [4.69, 9.17) is 14.2 Å². The normalized spacial score (nSPS) is 15.1. The lowest BCUT2D eigenvalue weighted by molar-refractivity contribution is -0.119. The molecule has 2 aromatic rings. The van der Waals surface area contributed by atoms with Gasteiger partial charge in [-0.15, -0.1) is 0 Å². The Bertz CT molecular complexity index is 1130. The summed E-state index contributed by atoms with van der Waals surface area (Å²) in [5.41, 5.74) is 1.34.